The molecule has 0 aliphatic rings. The fraction of sp³-hybridized carbons (Fsp3) is 0.462. The van der Waals surface area contributed by atoms with Crippen molar-refractivity contribution in [2.75, 3.05) is 6.54 Å². The van der Waals surface area contributed by atoms with E-state index in [0.29, 0.717) is 6.54 Å². The lowest BCUT2D eigenvalue weighted by molar-refractivity contribution is -0.385. The molecule has 0 spiro atoms. The number of hydrogen-bond acceptors (Lipinski definition) is 4. The Labute approximate surface area is 111 Å². The van der Waals surface area contributed by atoms with E-state index in [-0.39, 0.29) is 22.4 Å². The highest BCUT2D eigenvalue weighted by molar-refractivity contribution is 5.98. The van der Waals surface area contributed by atoms with Crippen LogP contribution in [-0.2, 0) is 0 Å². The first kappa shape index (κ1) is 14.9. The Hall–Kier alpha value is -2.11. The molecule has 0 bridgehead atoms. The van der Waals surface area contributed by atoms with Crippen molar-refractivity contribution in [3.63, 3.8) is 0 Å². The second-order valence-electron chi connectivity index (χ2n) is 5.16. The number of carbonyl (C=O) groups is 1. The van der Waals surface area contributed by atoms with Crippen LogP contribution in [0.15, 0.2) is 18.2 Å². The topological polar surface area (TPSA) is 92.5 Å². The third-order valence-electron chi connectivity index (χ3n) is 3.11. The second kappa shape index (κ2) is 5.69. The lowest BCUT2D eigenvalue weighted by atomic mass is 9.90. The quantitative estimate of drug-likeness (QED) is 0.632. The lowest BCUT2D eigenvalue weighted by Crippen LogP contribution is -2.33. The van der Waals surface area contributed by atoms with Crippen molar-refractivity contribution in [3.05, 3.63) is 33.9 Å². The average Bonchev–Trinajstić information content (AvgIpc) is 2.35. The largest absolute Gasteiger partial charge is 0.508 e. The highest BCUT2D eigenvalue weighted by atomic mass is 16.6. The Morgan fingerprint density at radius 2 is 2.11 bits per heavy atom. The van der Waals surface area contributed by atoms with Crippen LogP contribution in [0.3, 0.4) is 0 Å². The molecule has 1 aromatic rings. The maximum atomic E-state index is 12.0. The van der Waals surface area contributed by atoms with Crippen molar-refractivity contribution in [2.24, 2.45) is 5.41 Å². The summed E-state index contributed by atoms with van der Waals surface area (Å²) in [6, 6.07) is 3.41. The minimum atomic E-state index is -0.640. The molecule has 0 radical (unpaired) electrons. The molecule has 0 aliphatic heterocycles. The van der Waals surface area contributed by atoms with Gasteiger partial charge in [0.25, 0.3) is 11.6 Å². The van der Waals surface area contributed by atoms with Gasteiger partial charge in [0, 0.05) is 12.6 Å². The van der Waals surface area contributed by atoms with Gasteiger partial charge in [0.2, 0.25) is 0 Å². The van der Waals surface area contributed by atoms with Crippen molar-refractivity contribution < 1.29 is 14.8 Å². The number of nitrogens with one attached hydrogen (secondary N) is 1. The molecule has 0 unspecified atom stereocenters. The summed E-state index contributed by atoms with van der Waals surface area (Å²) in [6.07, 6.45) is 0.870. The number of phenols is 1. The summed E-state index contributed by atoms with van der Waals surface area (Å²) >= 11 is 0. The molecule has 0 aromatic heterocycles. The molecular formula is C13H18N2O4. The molecule has 0 atom stereocenters. The van der Waals surface area contributed by atoms with E-state index in [0.717, 1.165) is 18.6 Å². The smallest absolute Gasteiger partial charge is 0.282 e. The van der Waals surface area contributed by atoms with Crippen LogP contribution >= 0.6 is 0 Å². The molecule has 6 nitrogen and oxygen atoms in total. The molecular weight excluding hydrogens is 248 g/mol. The first-order chi connectivity index (χ1) is 8.76. The number of amides is 1. The molecule has 104 valence electrons. The zero-order valence-corrected chi connectivity index (χ0v) is 11.3. The lowest BCUT2D eigenvalue weighted by Gasteiger charge is -2.22. The summed E-state index contributed by atoms with van der Waals surface area (Å²) in [5.74, 6) is -0.727. The Balaban J connectivity index is 2.93. The van der Waals surface area contributed by atoms with Gasteiger partial charge in [-0.25, -0.2) is 0 Å². The van der Waals surface area contributed by atoms with Gasteiger partial charge in [0.15, 0.2) is 0 Å². The van der Waals surface area contributed by atoms with Crippen LogP contribution in [0.5, 0.6) is 5.75 Å². The number of nitro groups is 1. The number of rotatable bonds is 5. The normalized spacial score (nSPS) is 11.1. The molecule has 1 rings (SSSR count). The van der Waals surface area contributed by atoms with E-state index < -0.39 is 10.8 Å². The summed E-state index contributed by atoms with van der Waals surface area (Å²) < 4.78 is 0. The van der Waals surface area contributed by atoms with Gasteiger partial charge in [0.1, 0.15) is 11.3 Å². The van der Waals surface area contributed by atoms with Gasteiger partial charge in [-0.1, -0.05) is 20.8 Å². The summed E-state index contributed by atoms with van der Waals surface area (Å²) in [7, 11) is 0. The van der Waals surface area contributed by atoms with E-state index in [9.17, 15) is 20.0 Å². The van der Waals surface area contributed by atoms with Crippen LogP contribution in [0.25, 0.3) is 0 Å². The first-order valence-corrected chi connectivity index (χ1v) is 6.02. The standard InChI is InChI=1S/C13H18N2O4/c1-4-13(2,3)8-14-12(17)10-7-9(16)5-6-11(10)15(18)19/h5-7,16H,4,8H2,1-3H3,(H,14,17). The molecule has 2 N–H and O–H groups in total. The predicted molar refractivity (Wildman–Crippen MR) is 71.2 cm³/mol. The van der Waals surface area contributed by atoms with E-state index in [1.54, 1.807) is 0 Å². The minimum Gasteiger partial charge on any atom is -0.508 e. The van der Waals surface area contributed by atoms with Crippen LogP contribution < -0.4 is 5.32 Å². The Morgan fingerprint density at radius 3 is 2.63 bits per heavy atom. The van der Waals surface area contributed by atoms with Gasteiger partial charge in [-0.2, -0.15) is 0 Å². The van der Waals surface area contributed by atoms with Crippen LogP contribution in [-0.4, -0.2) is 22.5 Å². The zero-order chi connectivity index (χ0) is 14.6. The molecule has 1 amide bonds. The number of nitrogens with zero attached hydrogens (tertiary/aromatic N) is 1. The summed E-state index contributed by atoms with van der Waals surface area (Å²) in [5.41, 5.74) is -0.525. The van der Waals surface area contributed by atoms with E-state index >= 15 is 0 Å². The Kier molecular flexibility index (Phi) is 4.47. The van der Waals surface area contributed by atoms with Gasteiger partial charge < -0.3 is 10.4 Å². The van der Waals surface area contributed by atoms with Crippen molar-refractivity contribution in [1.82, 2.24) is 5.32 Å². The van der Waals surface area contributed by atoms with Crippen molar-refractivity contribution in [2.45, 2.75) is 27.2 Å². The molecule has 0 aliphatic carbocycles. The van der Waals surface area contributed by atoms with E-state index in [2.05, 4.69) is 5.32 Å². The molecule has 0 heterocycles. The van der Waals surface area contributed by atoms with E-state index in [1.807, 2.05) is 20.8 Å². The molecule has 0 saturated carbocycles. The third kappa shape index (κ3) is 3.94. The SMILES string of the molecule is CCC(C)(C)CNC(=O)c1cc(O)ccc1[N+](=O)[O-]. The summed E-state index contributed by atoms with van der Waals surface area (Å²) in [6.45, 7) is 6.40. The maximum absolute atomic E-state index is 12.0. The van der Waals surface area contributed by atoms with Gasteiger partial charge in [-0.05, 0) is 24.0 Å². The van der Waals surface area contributed by atoms with Crippen LogP contribution in [0, 0.1) is 15.5 Å². The fourth-order valence-electron chi connectivity index (χ4n) is 1.40. The molecule has 1 aromatic carbocycles. The molecule has 6 heteroatoms. The summed E-state index contributed by atoms with van der Waals surface area (Å²) in [5, 5.41) is 22.8. The number of aromatic hydroxyl groups is 1. The molecule has 0 fully saturated rings. The number of nitro benzene ring substituents is 1. The first-order valence-electron chi connectivity index (χ1n) is 6.02. The predicted octanol–water partition coefficient (Wildman–Crippen LogP) is 2.47. The Morgan fingerprint density at radius 1 is 1.47 bits per heavy atom. The Bertz CT molecular complexity index is 497. The summed E-state index contributed by atoms with van der Waals surface area (Å²) in [4.78, 5) is 22.2. The van der Waals surface area contributed by atoms with Crippen molar-refractivity contribution >= 4 is 11.6 Å². The van der Waals surface area contributed by atoms with Crippen molar-refractivity contribution in [1.29, 1.82) is 0 Å². The fourth-order valence-corrected chi connectivity index (χ4v) is 1.40. The van der Waals surface area contributed by atoms with Crippen LogP contribution in [0.4, 0.5) is 5.69 Å². The zero-order valence-electron chi connectivity index (χ0n) is 11.3. The van der Waals surface area contributed by atoms with E-state index in [1.165, 1.54) is 6.07 Å². The highest BCUT2D eigenvalue weighted by Crippen LogP contribution is 2.24. The molecule has 19 heavy (non-hydrogen) atoms. The second-order valence-corrected chi connectivity index (χ2v) is 5.16. The number of benzene rings is 1. The van der Waals surface area contributed by atoms with Gasteiger partial charge in [-0.3, -0.25) is 14.9 Å². The van der Waals surface area contributed by atoms with Gasteiger partial charge in [-0.15, -0.1) is 0 Å². The molecule has 0 saturated heterocycles. The van der Waals surface area contributed by atoms with Gasteiger partial charge >= 0.3 is 0 Å². The number of phenolic OH excluding ortho intramolecular Hbond substituents is 1. The monoisotopic (exact) mass is 266 g/mol. The van der Waals surface area contributed by atoms with Crippen LogP contribution in [0.2, 0.25) is 0 Å². The minimum absolute atomic E-state index is 0.0821. The highest BCUT2D eigenvalue weighted by Gasteiger charge is 2.23. The number of hydrogen-bond donors (Lipinski definition) is 2. The van der Waals surface area contributed by atoms with Crippen LogP contribution in [0.1, 0.15) is 37.6 Å². The maximum Gasteiger partial charge on any atom is 0.282 e. The third-order valence-corrected chi connectivity index (χ3v) is 3.11. The number of carbonyl (C=O) groups excluding carboxylic acids is 1. The van der Waals surface area contributed by atoms with Gasteiger partial charge in [0.05, 0.1) is 4.92 Å². The van der Waals surface area contributed by atoms with E-state index in [4.69, 9.17) is 0 Å². The van der Waals surface area contributed by atoms with Crippen molar-refractivity contribution in [3.8, 4) is 5.75 Å². The average molecular weight is 266 g/mol.